The zero-order chi connectivity index (χ0) is 20.1. The zero-order valence-electron chi connectivity index (χ0n) is 16.3. The predicted molar refractivity (Wildman–Crippen MR) is 114 cm³/mol. The predicted octanol–water partition coefficient (Wildman–Crippen LogP) is 3.61. The number of morpholine rings is 1. The highest BCUT2D eigenvalue weighted by molar-refractivity contribution is 5.97. The van der Waals surface area contributed by atoms with Gasteiger partial charge < -0.3 is 15.4 Å². The maximum atomic E-state index is 11.8. The first-order chi connectivity index (χ1) is 14.2. The van der Waals surface area contributed by atoms with Crippen LogP contribution in [0.2, 0.25) is 0 Å². The number of primary amides is 1. The molecule has 5 heteroatoms. The van der Waals surface area contributed by atoms with Gasteiger partial charge in [-0.05, 0) is 29.7 Å². The summed E-state index contributed by atoms with van der Waals surface area (Å²) >= 11 is 0. The standard InChI is InChI=1S/C24H25N3O2/c25-23(28)21-12-7-13-26-24(21)27-14-15-29-20(17-27)16-22(18-8-3-1-4-9-18)19-10-5-2-6-11-19/h1-13,20,22H,14-17H2,(H2,25,28)/t20-/m1/s1. The summed E-state index contributed by atoms with van der Waals surface area (Å²) in [6, 6.07) is 24.5. The van der Waals surface area contributed by atoms with Crippen molar-refractivity contribution in [2.45, 2.75) is 18.4 Å². The van der Waals surface area contributed by atoms with E-state index < -0.39 is 5.91 Å². The lowest BCUT2D eigenvalue weighted by atomic mass is 9.86. The van der Waals surface area contributed by atoms with Crippen LogP contribution in [0.15, 0.2) is 79.0 Å². The van der Waals surface area contributed by atoms with E-state index in [9.17, 15) is 4.79 Å². The maximum Gasteiger partial charge on any atom is 0.252 e. The van der Waals surface area contributed by atoms with Crippen molar-refractivity contribution in [2.24, 2.45) is 5.73 Å². The highest BCUT2D eigenvalue weighted by Crippen LogP contribution is 2.31. The van der Waals surface area contributed by atoms with E-state index in [0.29, 0.717) is 31.1 Å². The molecule has 2 N–H and O–H groups in total. The third kappa shape index (κ3) is 4.46. The van der Waals surface area contributed by atoms with Crippen LogP contribution in [-0.4, -0.2) is 36.7 Å². The molecule has 1 aromatic heterocycles. The van der Waals surface area contributed by atoms with Gasteiger partial charge >= 0.3 is 0 Å². The average Bonchev–Trinajstić information content (AvgIpc) is 2.79. The second-order valence-corrected chi connectivity index (χ2v) is 7.29. The molecule has 5 nitrogen and oxygen atoms in total. The van der Waals surface area contributed by atoms with Crippen molar-refractivity contribution in [1.82, 2.24) is 4.98 Å². The monoisotopic (exact) mass is 387 g/mol. The van der Waals surface area contributed by atoms with Crippen LogP contribution in [0, 0.1) is 0 Å². The lowest BCUT2D eigenvalue weighted by Gasteiger charge is -2.36. The van der Waals surface area contributed by atoms with Crippen molar-refractivity contribution in [3.8, 4) is 0 Å². The number of pyridine rings is 1. The van der Waals surface area contributed by atoms with Gasteiger partial charge in [0.1, 0.15) is 5.82 Å². The number of hydrogen-bond donors (Lipinski definition) is 1. The van der Waals surface area contributed by atoms with Gasteiger partial charge in [-0.15, -0.1) is 0 Å². The molecule has 29 heavy (non-hydrogen) atoms. The average molecular weight is 387 g/mol. The van der Waals surface area contributed by atoms with Gasteiger partial charge in [0.05, 0.1) is 18.3 Å². The molecular weight excluding hydrogens is 362 g/mol. The van der Waals surface area contributed by atoms with Crippen molar-refractivity contribution in [3.63, 3.8) is 0 Å². The number of ether oxygens (including phenoxy) is 1. The smallest absolute Gasteiger partial charge is 0.252 e. The minimum Gasteiger partial charge on any atom is -0.375 e. The molecule has 0 spiro atoms. The summed E-state index contributed by atoms with van der Waals surface area (Å²) in [6.45, 7) is 1.96. The van der Waals surface area contributed by atoms with Crippen molar-refractivity contribution < 1.29 is 9.53 Å². The largest absolute Gasteiger partial charge is 0.375 e. The van der Waals surface area contributed by atoms with E-state index in [1.165, 1.54) is 11.1 Å². The Hall–Kier alpha value is -3.18. The SMILES string of the molecule is NC(=O)c1cccnc1N1CCO[C@H](CC(c2ccccc2)c2ccccc2)C1. The Morgan fingerprint density at radius 3 is 2.31 bits per heavy atom. The van der Waals surface area contributed by atoms with Crippen molar-refractivity contribution in [1.29, 1.82) is 0 Å². The third-order valence-electron chi connectivity index (χ3n) is 5.39. The fourth-order valence-electron chi connectivity index (χ4n) is 3.99. The van der Waals surface area contributed by atoms with Crippen molar-refractivity contribution >= 4 is 11.7 Å². The van der Waals surface area contributed by atoms with E-state index in [4.69, 9.17) is 10.5 Å². The Morgan fingerprint density at radius 1 is 1.03 bits per heavy atom. The summed E-state index contributed by atoms with van der Waals surface area (Å²) in [6.07, 6.45) is 2.57. The van der Waals surface area contributed by atoms with Crippen LogP contribution in [-0.2, 0) is 4.74 Å². The summed E-state index contributed by atoms with van der Waals surface area (Å²) in [7, 11) is 0. The molecule has 0 aliphatic carbocycles. The number of benzene rings is 2. The minimum absolute atomic E-state index is 0.0249. The molecule has 4 rings (SSSR count). The Balaban J connectivity index is 1.57. The molecule has 2 aromatic carbocycles. The van der Waals surface area contributed by atoms with Gasteiger partial charge in [-0.2, -0.15) is 0 Å². The van der Waals surface area contributed by atoms with Gasteiger partial charge in [0.15, 0.2) is 0 Å². The topological polar surface area (TPSA) is 68.5 Å². The van der Waals surface area contributed by atoms with Crippen molar-refractivity contribution in [3.05, 3.63) is 95.7 Å². The van der Waals surface area contributed by atoms with Crippen LogP contribution in [0.5, 0.6) is 0 Å². The van der Waals surface area contributed by atoms with Gasteiger partial charge in [-0.25, -0.2) is 4.98 Å². The van der Waals surface area contributed by atoms with E-state index in [2.05, 4.69) is 58.4 Å². The van der Waals surface area contributed by atoms with Crippen LogP contribution in [0.4, 0.5) is 5.82 Å². The van der Waals surface area contributed by atoms with Gasteiger partial charge in [0.2, 0.25) is 0 Å². The normalized spacial score (nSPS) is 16.7. The van der Waals surface area contributed by atoms with Gasteiger partial charge in [0, 0.05) is 25.2 Å². The number of rotatable bonds is 6. The second kappa shape index (κ2) is 8.88. The van der Waals surface area contributed by atoms with E-state index in [1.54, 1.807) is 18.3 Å². The van der Waals surface area contributed by atoms with Crippen LogP contribution in [0.25, 0.3) is 0 Å². The number of hydrogen-bond acceptors (Lipinski definition) is 4. The molecule has 1 atom stereocenters. The summed E-state index contributed by atoms with van der Waals surface area (Å²) < 4.78 is 6.12. The summed E-state index contributed by atoms with van der Waals surface area (Å²) in [5, 5.41) is 0. The molecule has 1 aliphatic rings. The molecule has 0 saturated carbocycles. The molecule has 3 aromatic rings. The van der Waals surface area contributed by atoms with Gasteiger partial charge in [0.25, 0.3) is 5.91 Å². The summed E-state index contributed by atoms with van der Waals surface area (Å²) in [4.78, 5) is 18.4. The van der Waals surface area contributed by atoms with Crippen LogP contribution in [0.1, 0.15) is 33.8 Å². The molecule has 1 amide bonds. The maximum absolute atomic E-state index is 11.8. The molecule has 1 saturated heterocycles. The molecule has 1 aliphatic heterocycles. The van der Waals surface area contributed by atoms with Crippen molar-refractivity contribution in [2.75, 3.05) is 24.6 Å². The molecule has 0 radical (unpaired) electrons. The number of aromatic nitrogens is 1. The Labute approximate surface area is 171 Å². The minimum atomic E-state index is -0.456. The highest BCUT2D eigenvalue weighted by atomic mass is 16.5. The molecule has 0 bridgehead atoms. The number of carbonyl (C=O) groups is 1. The number of nitrogens with two attached hydrogens (primary N) is 1. The number of amides is 1. The molecule has 2 heterocycles. The first-order valence-corrected chi connectivity index (χ1v) is 9.93. The number of carbonyl (C=O) groups excluding carboxylic acids is 1. The van der Waals surface area contributed by atoms with Crippen LogP contribution < -0.4 is 10.6 Å². The molecule has 1 fully saturated rings. The fraction of sp³-hybridized carbons (Fsp3) is 0.250. The molecule has 0 unspecified atom stereocenters. The Kier molecular flexibility index (Phi) is 5.86. The quantitative estimate of drug-likeness (QED) is 0.702. The Morgan fingerprint density at radius 2 is 1.69 bits per heavy atom. The van der Waals surface area contributed by atoms with E-state index in [-0.39, 0.29) is 12.0 Å². The lowest BCUT2D eigenvalue weighted by molar-refractivity contribution is 0.0323. The molecule has 148 valence electrons. The van der Waals surface area contributed by atoms with Gasteiger partial charge in [-0.3, -0.25) is 4.79 Å². The zero-order valence-corrected chi connectivity index (χ0v) is 16.3. The van der Waals surface area contributed by atoms with Gasteiger partial charge in [-0.1, -0.05) is 60.7 Å². The van der Waals surface area contributed by atoms with E-state index in [1.807, 2.05) is 12.1 Å². The summed E-state index contributed by atoms with van der Waals surface area (Å²) in [5.41, 5.74) is 8.55. The van der Waals surface area contributed by atoms with E-state index >= 15 is 0 Å². The third-order valence-corrected chi connectivity index (χ3v) is 5.39. The van der Waals surface area contributed by atoms with Crippen LogP contribution in [0.3, 0.4) is 0 Å². The number of anilines is 1. The first kappa shape index (κ1) is 19.2. The summed E-state index contributed by atoms with van der Waals surface area (Å²) in [5.74, 6) is 0.425. The van der Waals surface area contributed by atoms with Crippen LogP contribution >= 0.6 is 0 Å². The van der Waals surface area contributed by atoms with E-state index in [0.717, 1.165) is 6.42 Å². The fourth-order valence-corrected chi connectivity index (χ4v) is 3.99. The molecular formula is C24H25N3O2. The lowest BCUT2D eigenvalue weighted by Crippen LogP contribution is -2.44. The number of nitrogens with zero attached hydrogens (tertiary/aromatic N) is 2. The second-order valence-electron chi connectivity index (χ2n) is 7.29. The first-order valence-electron chi connectivity index (χ1n) is 9.93. The highest BCUT2D eigenvalue weighted by Gasteiger charge is 2.27. The Bertz CT molecular complexity index is 907.